The standard InChI is InChI=1S/C16H14F2N4O2/c1-22-13(21-15(23)11-3-2-8-19-14(11)22)9-4-6-10(7-5-9)20-16(24)12(17)18/h2-8,12-13H,1H3,(H,20,24)(H,21,23)/t13-/m0/s1. The second-order valence-corrected chi connectivity index (χ2v) is 5.27. The van der Waals surface area contributed by atoms with E-state index in [1.807, 2.05) is 4.90 Å². The number of carbonyl (C=O) groups is 2. The number of halogens is 2. The Bertz CT molecular complexity index is 780. The van der Waals surface area contributed by atoms with Gasteiger partial charge in [0.2, 0.25) is 0 Å². The van der Waals surface area contributed by atoms with Gasteiger partial charge in [-0.25, -0.2) is 4.98 Å². The quantitative estimate of drug-likeness (QED) is 0.903. The molecule has 2 amide bonds. The molecule has 1 aromatic heterocycles. The van der Waals surface area contributed by atoms with Gasteiger partial charge in [0.05, 0.1) is 5.56 Å². The van der Waals surface area contributed by atoms with Crippen LogP contribution in [0.15, 0.2) is 42.6 Å². The summed E-state index contributed by atoms with van der Waals surface area (Å²) in [4.78, 5) is 29.2. The zero-order valence-corrected chi connectivity index (χ0v) is 12.7. The van der Waals surface area contributed by atoms with E-state index in [0.29, 0.717) is 11.4 Å². The van der Waals surface area contributed by atoms with E-state index in [4.69, 9.17) is 0 Å². The van der Waals surface area contributed by atoms with Crippen LogP contribution in [0.25, 0.3) is 0 Å². The number of pyridine rings is 1. The summed E-state index contributed by atoms with van der Waals surface area (Å²) in [5.74, 6) is -1.04. The van der Waals surface area contributed by atoms with E-state index in [9.17, 15) is 18.4 Å². The molecule has 0 spiro atoms. The average Bonchev–Trinajstić information content (AvgIpc) is 2.59. The molecule has 0 fully saturated rings. The number of benzene rings is 1. The first-order chi connectivity index (χ1) is 11.5. The van der Waals surface area contributed by atoms with E-state index in [1.165, 1.54) is 12.1 Å². The summed E-state index contributed by atoms with van der Waals surface area (Å²) in [5, 5.41) is 4.96. The monoisotopic (exact) mass is 332 g/mol. The molecule has 0 radical (unpaired) electrons. The largest absolute Gasteiger partial charge is 0.335 e. The van der Waals surface area contributed by atoms with E-state index in [0.717, 1.165) is 5.56 Å². The highest BCUT2D eigenvalue weighted by atomic mass is 19.3. The molecule has 0 bridgehead atoms. The third-order valence-electron chi connectivity index (χ3n) is 3.71. The van der Waals surface area contributed by atoms with Gasteiger partial charge in [-0.3, -0.25) is 9.59 Å². The minimum Gasteiger partial charge on any atom is -0.335 e. The van der Waals surface area contributed by atoms with E-state index in [-0.39, 0.29) is 11.6 Å². The van der Waals surface area contributed by atoms with Crippen LogP contribution in [0.5, 0.6) is 0 Å². The van der Waals surface area contributed by atoms with Gasteiger partial charge in [-0.1, -0.05) is 12.1 Å². The summed E-state index contributed by atoms with van der Waals surface area (Å²) in [6.07, 6.45) is -1.91. The van der Waals surface area contributed by atoms with Crippen LogP contribution in [0.1, 0.15) is 22.1 Å². The second-order valence-electron chi connectivity index (χ2n) is 5.27. The second kappa shape index (κ2) is 6.23. The van der Waals surface area contributed by atoms with Gasteiger partial charge in [0, 0.05) is 18.9 Å². The molecule has 0 saturated heterocycles. The lowest BCUT2D eigenvalue weighted by atomic mass is 10.1. The molecular formula is C16H14F2N4O2. The zero-order valence-electron chi connectivity index (χ0n) is 12.7. The molecule has 0 aliphatic carbocycles. The molecule has 2 N–H and O–H groups in total. The summed E-state index contributed by atoms with van der Waals surface area (Å²) in [6.45, 7) is 0. The van der Waals surface area contributed by atoms with Crippen LogP contribution < -0.4 is 15.5 Å². The Hall–Kier alpha value is -3.03. The number of alkyl halides is 2. The number of amides is 2. The first-order valence-corrected chi connectivity index (χ1v) is 7.15. The van der Waals surface area contributed by atoms with Crippen molar-refractivity contribution >= 4 is 23.3 Å². The SMILES string of the molecule is CN1c2ncccc2C(=O)N[C@@H]1c1ccc(NC(=O)C(F)F)cc1. The Labute approximate surface area is 136 Å². The van der Waals surface area contributed by atoms with Gasteiger partial charge in [0.15, 0.2) is 0 Å². The van der Waals surface area contributed by atoms with Crippen molar-refractivity contribution in [1.82, 2.24) is 10.3 Å². The minimum atomic E-state index is -3.07. The molecule has 1 aliphatic rings. The third-order valence-corrected chi connectivity index (χ3v) is 3.71. The highest BCUT2D eigenvalue weighted by Gasteiger charge is 2.30. The van der Waals surface area contributed by atoms with Crippen molar-refractivity contribution in [3.05, 3.63) is 53.7 Å². The molecule has 2 heterocycles. The molecule has 124 valence electrons. The first kappa shape index (κ1) is 15.9. The molecule has 0 saturated carbocycles. The molecule has 0 unspecified atom stereocenters. The van der Waals surface area contributed by atoms with E-state index in [2.05, 4.69) is 15.6 Å². The van der Waals surface area contributed by atoms with Crippen molar-refractivity contribution in [1.29, 1.82) is 0 Å². The van der Waals surface area contributed by atoms with E-state index >= 15 is 0 Å². The summed E-state index contributed by atoms with van der Waals surface area (Å²) in [5.41, 5.74) is 1.47. The molecule has 8 heteroatoms. The molecular weight excluding hydrogens is 318 g/mol. The van der Waals surface area contributed by atoms with Crippen molar-refractivity contribution in [3.8, 4) is 0 Å². The topological polar surface area (TPSA) is 74.3 Å². The number of rotatable bonds is 3. The van der Waals surface area contributed by atoms with Crippen molar-refractivity contribution in [2.24, 2.45) is 0 Å². The lowest BCUT2D eigenvalue weighted by Gasteiger charge is -2.35. The van der Waals surface area contributed by atoms with Crippen LogP contribution in [0.2, 0.25) is 0 Å². The lowest BCUT2D eigenvalue weighted by molar-refractivity contribution is -0.126. The Balaban J connectivity index is 1.83. The Morgan fingerprint density at radius 3 is 2.67 bits per heavy atom. The Kier molecular flexibility index (Phi) is 4.11. The van der Waals surface area contributed by atoms with Crippen molar-refractivity contribution in [3.63, 3.8) is 0 Å². The fourth-order valence-corrected chi connectivity index (χ4v) is 2.53. The van der Waals surface area contributed by atoms with Gasteiger partial charge in [-0.05, 0) is 29.8 Å². The molecule has 1 aliphatic heterocycles. The average molecular weight is 332 g/mol. The maximum absolute atomic E-state index is 12.2. The number of anilines is 2. The van der Waals surface area contributed by atoms with Gasteiger partial charge in [-0.2, -0.15) is 8.78 Å². The number of carbonyl (C=O) groups excluding carboxylic acids is 2. The number of nitrogens with one attached hydrogen (secondary N) is 2. The molecule has 1 aromatic carbocycles. The summed E-state index contributed by atoms with van der Waals surface area (Å²) in [7, 11) is 1.79. The highest BCUT2D eigenvalue weighted by Crippen LogP contribution is 2.30. The van der Waals surface area contributed by atoms with E-state index < -0.39 is 18.5 Å². The van der Waals surface area contributed by atoms with Gasteiger partial charge in [0.1, 0.15) is 12.0 Å². The molecule has 3 rings (SSSR count). The number of fused-ring (bicyclic) bond motifs is 1. The number of aromatic nitrogens is 1. The molecule has 24 heavy (non-hydrogen) atoms. The van der Waals surface area contributed by atoms with Gasteiger partial charge >= 0.3 is 6.43 Å². The number of hydrogen-bond donors (Lipinski definition) is 2. The van der Waals surface area contributed by atoms with Crippen LogP contribution in [0.3, 0.4) is 0 Å². The van der Waals surface area contributed by atoms with Gasteiger partial charge in [0.25, 0.3) is 11.8 Å². The van der Waals surface area contributed by atoms with Crippen LogP contribution >= 0.6 is 0 Å². The number of nitrogens with zero attached hydrogens (tertiary/aromatic N) is 2. The predicted octanol–water partition coefficient (Wildman–Crippen LogP) is 2.16. The predicted molar refractivity (Wildman–Crippen MR) is 83.9 cm³/mol. The molecule has 2 aromatic rings. The van der Waals surface area contributed by atoms with Crippen molar-refractivity contribution < 1.29 is 18.4 Å². The maximum Gasteiger partial charge on any atom is 0.315 e. The molecule has 6 nitrogen and oxygen atoms in total. The van der Waals surface area contributed by atoms with Crippen LogP contribution in [-0.2, 0) is 4.79 Å². The van der Waals surface area contributed by atoms with Crippen molar-refractivity contribution in [2.75, 3.05) is 17.3 Å². The minimum absolute atomic E-state index is 0.240. The van der Waals surface area contributed by atoms with Gasteiger partial charge in [-0.15, -0.1) is 0 Å². The van der Waals surface area contributed by atoms with Crippen molar-refractivity contribution in [2.45, 2.75) is 12.6 Å². The fourth-order valence-electron chi connectivity index (χ4n) is 2.53. The van der Waals surface area contributed by atoms with Gasteiger partial charge < -0.3 is 15.5 Å². The number of hydrogen-bond acceptors (Lipinski definition) is 4. The zero-order chi connectivity index (χ0) is 17.3. The highest BCUT2D eigenvalue weighted by molar-refractivity contribution is 6.01. The van der Waals surface area contributed by atoms with E-state index in [1.54, 1.807) is 37.5 Å². The fraction of sp³-hybridized carbons (Fsp3) is 0.188. The van der Waals surface area contributed by atoms with Crippen LogP contribution in [0, 0.1) is 0 Å². The normalized spacial score (nSPS) is 16.6. The van der Waals surface area contributed by atoms with Crippen LogP contribution in [0.4, 0.5) is 20.3 Å². The summed E-state index contributed by atoms with van der Waals surface area (Å²) in [6, 6.07) is 9.68. The Morgan fingerprint density at radius 1 is 1.29 bits per heavy atom. The molecule has 1 atom stereocenters. The summed E-state index contributed by atoms with van der Waals surface area (Å²) >= 11 is 0. The van der Waals surface area contributed by atoms with Crippen LogP contribution in [-0.4, -0.2) is 30.3 Å². The first-order valence-electron chi connectivity index (χ1n) is 7.15. The summed E-state index contributed by atoms with van der Waals surface area (Å²) < 4.78 is 24.5. The Morgan fingerprint density at radius 2 is 2.00 bits per heavy atom. The smallest absolute Gasteiger partial charge is 0.315 e. The maximum atomic E-state index is 12.2. The third kappa shape index (κ3) is 2.90. The lowest BCUT2D eigenvalue weighted by Crippen LogP contribution is -2.45.